The SMILES string of the molecule is Cc1cn(C)nc1-c1ccccc1.NS(=O)[O-]. The van der Waals surface area contributed by atoms with Gasteiger partial charge in [0.25, 0.3) is 0 Å². The van der Waals surface area contributed by atoms with Gasteiger partial charge in [0.1, 0.15) is 0 Å². The molecule has 92 valence electrons. The maximum atomic E-state index is 8.78. The number of rotatable bonds is 1. The van der Waals surface area contributed by atoms with E-state index in [9.17, 15) is 0 Å². The van der Waals surface area contributed by atoms with Crippen LogP contribution in [0.5, 0.6) is 0 Å². The minimum Gasteiger partial charge on any atom is -0.760 e. The quantitative estimate of drug-likeness (QED) is 0.772. The number of benzene rings is 1. The third-order valence-electron chi connectivity index (χ3n) is 2.06. The average molecular weight is 252 g/mol. The first-order valence-corrected chi connectivity index (χ1v) is 6.04. The Bertz CT molecular complexity index is 493. The molecule has 0 saturated carbocycles. The molecule has 2 aromatic rings. The third kappa shape index (κ3) is 4.48. The maximum absolute atomic E-state index is 8.78. The van der Waals surface area contributed by atoms with Gasteiger partial charge < -0.3 is 4.55 Å². The van der Waals surface area contributed by atoms with Crippen molar-refractivity contribution in [3.05, 3.63) is 42.1 Å². The van der Waals surface area contributed by atoms with Crippen LogP contribution in [0, 0.1) is 6.92 Å². The lowest BCUT2D eigenvalue weighted by molar-refractivity contribution is 0.539. The first-order valence-electron chi connectivity index (χ1n) is 4.90. The van der Waals surface area contributed by atoms with Crippen molar-refractivity contribution in [3.63, 3.8) is 0 Å². The molecule has 0 saturated heterocycles. The zero-order valence-corrected chi connectivity index (χ0v) is 10.5. The number of aromatic nitrogens is 2. The minimum atomic E-state index is -2.36. The van der Waals surface area contributed by atoms with E-state index in [4.69, 9.17) is 8.76 Å². The van der Waals surface area contributed by atoms with Gasteiger partial charge in [0, 0.05) is 30.1 Å². The number of hydrogen-bond acceptors (Lipinski definition) is 3. The van der Waals surface area contributed by atoms with E-state index in [1.165, 1.54) is 11.1 Å². The summed E-state index contributed by atoms with van der Waals surface area (Å²) in [5.41, 5.74) is 3.47. The smallest absolute Gasteiger partial charge is 0.0952 e. The van der Waals surface area contributed by atoms with Crippen LogP contribution in [0.25, 0.3) is 11.3 Å². The van der Waals surface area contributed by atoms with Crippen LogP contribution in [0.2, 0.25) is 0 Å². The molecule has 0 aliphatic heterocycles. The minimum absolute atomic E-state index is 1.07. The Kier molecular flexibility index (Phi) is 5.02. The van der Waals surface area contributed by atoms with E-state index in [2.05, 4.69) is 29.3 Å². The fraction of sp³-hybridized carbons (Fsp3) is 0.182. The van der Waals surface area contributed by atoms with Crippen molar-refractivity contribution in [1.82, 2.24) is 9.78 Å². The van der Waals surface area contributed by atoms with Gasteiger partial charge in [0.05, 0.1) is 5.69 Å². The Hall–Kier alpha value is -1.50. The fourth-order valence-electron chi connectivity index (χ4n) is 1.49. The summed E-state index contributed by atoms with van der Waals surface area (Å²) in [6.45, 7) is 2.08. The van der Waals surface area contributed by atoms with Gasteiger partial charge in [-0.3, -0.25) is 14.0 Å². The molecule has 0 radical (unpaired) electrons. The molecule has 2 N–H and O–H groups in total. The molecule has 0 aliphatic carbocycles. The molecule has 0 fully saturated rings. The van der Waals surface area contributed by atoms with E-state index >= 15 is 0 Å². The largest absolute Gasteiger partial charge is 0.760 e. The average Bonchev–Trinajstić information content (AvgIpc) is 2.58. The molecule has 1 heterocycles. The van der Waals surface area contributed by atoms with Crippen molar-refractivity contribution in [2.24, 2.45) is 12.2 Å². The Morgan fingerprint density at radius 3 is 2.29 bits per heavy atom. The van der Waals surface area contributed by atoms with Crippen molar-refractivity contribution in [3.8, 4) is 11.3 Å². The van der Waals surface area contributed by atoms with Crippen LogP contribution < -0.4 is 5.14 Å². The fourth-order valence-corrected chi connectivity index (χ4v) is 1.49. The van der Waals surface area contributed by atoms with Crippen LogP contribution in [0.15, 0.2) is 36.5 Å². The lowest BCUT2D eigenvalue weighted by atomic mass is 10.1. The maximum Gasteiger partial charge on any atom is 0.0952 e. The van der Waals surface area contributed by atoms with Crippen LogP contribution in [0.4, 0.5) is 0 Å². The molecule has 0 spiro atoms. The van der Waals surface area contributed by atoms with Crippen LogP contribution >= 0.6 is 0 Å². The van der Waals surface area contributed by atoms with E-state index in [0.29, 0.717) is 0 Å². The zero-order chi connectivity index (χ0) is 12.8. The molecular formula is C11H14N3O2S-. The summed E-state index contributed by atoms with van der Waals surface area (Å²) in [6, 6.07) is 10.2. The molecule has 2 rings (SSSR count). The zero-order valence-electron chi connectivity index (χ0n) is 9.66. The normalized spacial score (nSPS) is 11.5. The number of nitrogens with two attached hydrogens (primary N) is 1. The molecule has 0 amide bonds. The van der Waals surface area contributed by atoms with Crippen molar-refractivity contribution < 1.29 is 8.76 Å². The third-order valence-corrected chi connectivity index (χ3v) is 2.06. The van der Waals surface area contributed by atoms with E-state index < -0.39 is 11.3 Å². The molecule has 17 heavy (non-hydrogen) atoms. The summed E-state index contributed by atoms with van der Waals surface area (Å²) in [4.78, 5) is 0. The van der Waals surface area contributed by atoms with Crippen LogP contribution in [0.3, 0.4) is 0 Å². The molecule has 1 aromatic heterocycles. The molecule has 1 atom stereocenters. The monoisotopic (exact) mass is 252 g/mol. The van der Waals surface area contributed by atoms with E-state index in [0.717, 1.165) is 5.69 Å². The predicted octanol–water partition coefficient (Wildman–Crippen LogP) is 1.13. The van der Waals surface area contributed by atoms with Crippen LogP contribution in [-0.2, 0) is 18.3 Å². The summed E-state index contributed by atoms with van der Waals surface area (Å²) in [6.07, 6.45) is 2.03. The van der Waals surface area contributed by atoms with Crippen molar-refractivity contribution >= 4 is 11.3 Å². The highest BCUT2D eigenvalue weighted by molar-refractivity contribution is 7.76. The number of nitrogens with zero attached hydrogens (tertiary/aromatic N) is 2. The predicted molar refractivity (Wildman–Crippen MR) is 66.5 cm³/mol. The topological polar surface area (TPSA) is 84.0 Å². The van der Waals surface area contributed by atoms with E-state index in [1.54, 1.807) is 0 Å². The van der Waals surface area contributed by atoms with Gasteiger partial charge in [-0.15, -0.1) is 0 Å². The first kappa shape index (κ1) is 13.6. The van der Waals surface area contributed by atoms with E-state index in [1.807, 2.05) is 36.1 Å². The van der Waals surface area contributed by atoms with Gasteiger partial charge in [-0.1, -0.05) is 30.3 Å². The Labute approximate surface area is 103 Å². The molecule has 0 bridgehead atoms. The summed E-state index contributed by atoms with van der Waals surface area (Å²) in [5, 5.41) is 8.42. The summed E-state index contributed by atoms with van der Waals surface area (Å²) >= 11 is -2.36. The van der Waals surface area contributed by atoms with Crippen molar-refractivity contribution in [1.29, 1.82) is 0 Å². The summed E-state index contributed by atoms with van der Waals surface area (Å²) < 4.78 is 19.4. The molecule has 1 unspecified atom stereocenters. The first-order chi connectivity index (χ1) is 8.00. The molecule has 0 aliphatic rings. The number of aryl methyl sites for hydroxylation is 2. The van der Waals surface area contributed by atoms with Gasteiger partial charge in [0.15, 0.2) is 0 Å². The number of hydrogen-bond donors (Lipinski definition) is 1. The molecular weight excluding hydrogens is 238 g/mol. The summed E-state index contributed by atoms with van der Waals surface area (Å²) in [7, 11) is 1.94. The van der Waals surface area contributed by atoms with Gasteiger partial charge in [-0.05, 0) is 12.5 Å². The van der Waals surface area contributed by atoms with Gasteiger partial charge in [-0.2, -0.15) is 5.10 Å². The van der Waals surface area contributed by atoms with E-state index in [-0.39, 0.29) is 0 Å². The Morgan fingerprint density at radius 2 is 1.88 bits per heavy atom. The lowest BCUT2D eigenvalue weighted by Gasteiger charge is -1.96. The molecule has 6 heteroatoms. The van der Waals surface area contributed by atoms with Gasteiger partial charge in [0.2, 0.25) is 0 Å². The van der Waals surface area contributed by atoms with Crippen LogP contribution in [0.1, 0.15) is 5.56 Å². The van der Waals surface area contributed by atoms with Crippen molar-refractivity contribution in [2.75, 3.05) is 0 Å². The molecule has 1 aromatic carbocycles. The molecule has 5 nitrogen and oxygen atoms in total. The second-order valence-electron chi connectivity index (χ2n) is 3.46. The van der Waals surface area contributed by atoms with Gasteiger partial charge in [-0.25, -0.2) is 0 Å². The standard InChI is InChI=1S/C11H12N2.H3NO2S/c1-9-8-13(2)12-11(9)10-6-4-3-5-7-10;1-4(2)3/h3-8H,1-2H3;1H2,(H,2,3)/p-1. The summed E-state index contributed by atoms with van der Waals surface area (Å²) in [5.74, 6) is 0. The van der Waals surface area contributed by atoms with Gasteiger partial charge >= 0.3 is 0 Å². The van der Waals surface area contributed by atoms with Crippen molar-refractivity contribution in [2.45, 2.75) is 6.92 Å². The highest BCUT2D eigenvalue weighted by Gasteiger charge is 2.04. The highest BCUT2D eigenvalue weighted by Crippen LogP contribution is 2.19. The lowest BCUT2D eigenvalue weighted by Crippen LogP contribution is -1.97. The highest BCUT2D eigenvalue weighted by atomic mass is 32.2. The second-order valence-corrected chi connectivity index (χ2v) is 3.98. The second kappa shape index (κ2) is 6.29. The Morgan fingerprint density at radius 1 is 1.35 bits per heavy atom. The van der Waals surface area contributed by atoms with Crippen LogP contribution in [-0.4, -0.2) is 18.5 Å². The Balaban J connectivity index is 0.000000317.